The van der Waals surface area contributed by atoms with Gasteiger partial charge in [0.25, 0.3) is 11.5 Å². The van der Waals surface area contributed by atoms with Gasteiger partial charge in [0.2, 0.25) is 0 Å². The van der Waals surface area contributed by atoms with Crippen molar-refractivity contribution in [3.63, 3.8) is 0 Å². The molecule has 0 unspecified atom stereocenters. The van der Waals surface area contributed by atoms with Crippen LogP contribution in [0.2, 0.25) is 5.02 Å². The molecule has 194 valence electrons. The van der Waals surface area contributed by atoms with Crippen LogP contribution in [0.5, 0.6) is 5.75 Å². The zero-order valence-electron chi connectivity index (χ0n) is 20.4. The van der Waals surface area contributed by atoms with Gasteiger partial charge in [0.15, 0.2) is 5.69 Å². The third kappa shape index (κ3) is 4.06. The number of hydrogen-bond donors (Lipinski definition) is 0. The smallest absolute Gasteiger partial charge is 0.416 e. The number of aryl methyl sites for hydroxylation is 1. The summed E-state index contributed by atoms with van der Waals surface area (Å²) in [7, 11) is 4.51. The van der Waals surface area contributed by atoms with Crippen LogP contribution in [0.3, 0.4) is 0 Å². The minimum Gasteiger partial charge on any atom is -0.495 e. The summed E-state index contributed by atoms with van der Waals surface area (Å²) in [6, 6.07) is 16.2. The second-order valence-electron chi connectivity index (χ2n) is 8.60. The number of carbonyl (C=O) groups is 1. The van der Waals surface area contributed by atoms with E-state index in [9.17, 15) is 22.8 Å². The van der Waals surface area contributed by atoms with Crippen molar-refractivity contribution < 1.29 is 22.7 Å². The van der Waals surface area contributed by atoms with Crippen LogP contribution in [0.1, 0.15) is 16.1 Å². The molecule has 0 bridgehead atoms. The number of anilines is 1. The van der Waals surface area contributed by atoms with Crippen LogP contribution in [0.4, 0.5) is 18.9 Å². The fraction of sp³-hybridized carbons (Fsp3) is 0.148. The van der Waals surface area contributed by atoms with Gasteiger partial charge in [0, 0.05) is 36.1 Å². The molecule has 0 aliphatic heterocycles. The number of ether oxygens (including phenoxy) is 1. The number of fused-ring (bicyclic) bond motifs is 3. The number of hydrogen-bond acceptors (Lipinski definition) is 4. The Kier molecular flexibility index (Phi) is 6.15. The molecular formula is C27H20ClF3N4O3. The van der Waals surface area contributed by atoms with Crippen molar-refractivity contribution in [3.05, 3.63) is 93.4 Å². The molecule has 0 fully saturated rings. The van der Waals surface area contributed by atoms with E-state index < -0.39 is 23.2 Å². The summed E-state index contributed by atoms with van der Waals surface area (Å²) in [5.74, 6) is -0.311. The first-order chi connectivity index (χ1) is 18.0. The Morgan fingerprint density at radius 2 is 1.79 bits per heavy atom. The fourth-order valence-electron chi connectivity index (χ4n) is 4.46. The summed E-state index contributed by atoms with van der Waals surface area (Å²) in [6.07, 6.45) is -4.58. The SMILES string of the molecule is COc1ccc(-n2nc(C(=O)N(C)c3cccc(C(F)(F)F)c3)c3c4ccccc4n(C)c3c2=O)cc1Cl. The van der Waals surface area contributed by atoms with Gasteiger partial charge in [-0.05, 0) is 42.5 Å². The molecule has 7 nitrogen and oxygen atoms in total. The van der Waals surface area contributed by atoms with Crippen LogP contribution in [-0.2, 0) is 13.2 Å². The maximum Gasteiger partial charge on any atom is 0.416 e. The van der Waals surface area contributed by atoms with E-state index in [1.807, 2.05) is 0 Å². The maximum atomic E-state index is 13.8. The van der Waals surface area contributed by atoms with E-state index >= 15 is 0 Å². The highest BCUT2D eigenvalue weighted by Gasteiger charge is 2.32. The van der Waals surface area contributed by atoms with Gasteiger partial charge in [-0.2, -0.15) is 23.0 Å². The molecule has 5 aromatic rings. The van der Waals surface area contributed by atoms with Crippen LogP contribution in [0, 0.1) is 0 Å². The molecule has 0 saturated heterocycles. The number of methoxy groups -OCH3 is 1. The van der Waals surface area contributed by atoms with Crippen LogP contribution in [0.15, 0.2) is 71.5 Å². The van der Waals surface area contributed by atoms with E-state index in [1.54, 1.807) is 48.0 Å². The normalized spacial score (nSPS) is 11.8. The van der Waals surface area contributed by atoms with E-state index in [-0.39, 0.29) is 27.6 Å². The molecule has 1 amide bonds. The van der Waals surface area contributed by atoms with E-state index in [1.165, 1.54) is 32.4 Å². The summed E-state index contributed by atoms with van der Waals surface area (Å²) in [5, 5.41) is 5.56. The lowest BCUT2D eigenvalue weighted by molar-refractivity contribution is -0.137. The quantitative estimate of drug-likeness (QED) is 0.287. The lowest BCUT2D eigenvalue weighted by Gasteiger charge is -2.19. The van der Waals surface area contributed by atoms with Crippen molar-refractivity contribution in [2.45, 2.75) is 6.18 Å². The molecular weight excluding hydrogens is 521 g/mol. The number of alkyl halides is 3. The number of amides is 1. The van der Waals surface area contributed by atoms with E-state index in [4.69, 9.17) is 16.3 Å². The third-order valence-corrected chi connectivity index (χ3v) is 6.68. The standard InChI is InChI=1S/C27H20ClF3N4O3/c1-33(16-8-6-7-15(13-16)27(29,30)31)25(36)23-22-18-9-4-5-10-20(18)34(2)24(22)26(37)35(32-23)17-11-12-21(38-3)19(28)14-17/h4-14H,1-3H3. The number of carbonyl (C=O) groups excluding carboxylic acids is 1. The molecule has 0 atom stereocenters. The molecule has 0 radical (unpaired) electrons. The first-order valence-corrected chi connectivity index (χ1v) is 11.7. The molecule has 0 saturated carbocycles. The number of aromatic nitrogens is 3. The Morgan fingerprint density at radius 1 is 1.05 bits per heavy atom. The van der Waals surface area contributed by atoms with Crippen LogP contribution < -0.4 is 15.2 Å². The second-order valence-corrected chi connectivity index (χ2v) is 9.00. The summed E-state index contributed by atoms with van der Waals surface area (Å²) in [5.41, 5.74) is -0.317. The van der Waals surface area contributed by atoms with Crippen LogP contribution in [-0.4, -0.2) is 34.4 Å². The second kappa shape index (κ2) is 9.21. The summed E-state index contributed by atoms with van der Waals surface area (Å²) in [4.78, 5) is 28.6. The minimum absolute atomic E-state index is 0.0188. The predicted octanol–water partition coefficient (Wildman–Crippen LogP) is 5.83. The number of nitrogens with zero attached hydrogens (tertiary/aromatic N) is 4. The van der Waals surface area contributed by atoms with Crippen LogP contribution >= 0.6 is 11.6 Å². The Labute approximate surface area is 219 Å². The topological polar surface area (TPSA) is 69.4 Å². The molecule has 38 heavy (non-hydrogen) atoms. The first kappa shape index (κ1) is 25.3. The van der Waals surface area contributed by atoms with Crippen molar-refractivity contribution in [3.8, 4) is 11.4 Å². The molecule has 11 heteroatoms. The maximum absolute atomic E-state index is 13.8. The number of para-hydroxylation sites is 1. The van der Waals surface area contributed by atoms with Crippen molar-refractivity contribution in [2.75, 3.05) is 19.1 Å². The molecule has 3 aromatic carbocycles. The highest BCUT2D eigenvalue weighted by molar-refractivity contribution is 6.32. The molecule has 0 N–H and O–H groups in total. The number of benzene rings is 3. The van der Waals surface area contributed by atoms with Gasteiger partial charge in [-0.15, -0.1) is 0 Å². The fourth-order valence-corrected chi connectivity index (χ4v) is 4.71. The highest BCUT2D eigenvalue weighted by Crippen LogP contribution is 2.33. The van der Waals surface area contributed by atoms with Gasteiger partial charge in [0.05, 0.1) is 23.4 Å². The van der Waals surface area contributed by atoms with Gasteiger partial charge in [-0.1, -0.05) is 35.9 Å². The lowest BCUT2D eigenvalue weighted by atomic mass is 10.1. The average molecular weight is 541 g/mol. The third-order valence-electron chi connectivity index (χ3n) is 6.39. The molecule has 0 aliphatic carbocycles. The number of halogens is 4. The van der Waals surface area contributed by atoms with Gasteiger partial charge < -0.3 is 14.2 Å². The van der Waals surface area contributed by atoms with Crippen molar-refractivity contribution in [1.82, 2.24) is 14.3 Å². The highest BCUT2D eigenvalue weighted by atomic mass is 35.5. The average Bonchev–Trinajstić information content (AvgIpc) is 3.21. The van der Waals surface area contributed by atoms with Crippen molar-refractivity contribution in [2.24, 2.45) is 7.05 Å². The Hall–Kier alpha value is -4.31. The minimum atomic E-state index is -4.58. The molecule has 2 heterocycles. The Morgan fingerprint density at radius 3 is 2.47 bits per heavy atom. The van der Waals surface area contributed by atoms with Gasteiger partial charge in [0.1, 0.15) is 11.3 Å². The Bertz CT molecular complexity index is 1790. The zero-order chi connectivity index (χ0) is 27.4. The summed E-state index contributed by atoms with van der Waals surface area (Å²) in [6.45, 7) is 0. The summed E-state index contributed by atoms with van der Waals surface area (Å²) < 4.78 is 47.9. The largest absolute Gasteiger partial charge is 0.495 e. The zero-order valence-corrected chi connectivity index (χ0v) is 21.1. The molecule has 0 aliphatic rings. The van der Waals surface area contributed by atoms with Crippen LogP contribution in [0.25, 0.3) is 27.5 Å². The molecule has 5 rings (SSSR count). The number of rotatable bonds is 4. The lowest BCUT2D eigenvalue weighted by Crippen LogP contribution is -2.32. The van der Waals surface area contributed by atoms with Gasteiger partial charge in [-0.25, -0.2) is 0 Å². The molecule has 2 aromatic heterocycles. The predicted molar refractivity (Wildman–Crippen MR) is 140 cm³/mol. The monoisotopic (exact) mass is 540 g/mol. The summed E-state index contributed by atoms with van der Waals surface area (Å²) >= 11 is 6.29. The van der Waals surface area contributed by atoms with E-state index in [2.05, 4.69) is 5.10 Å². The van der Waals surface area contributed by atoms with Crippen molar-refractivity contribution in [1.29, 1.82) is 0 Å². The Balaban J connectivity index is 1.78. The van der Waals surface area contributed by atoms with E-state index in [0.29, 0.717) is 22.0 Å². The van der Waals surface area contributed by atoms with E-state index in [0.717, 1.165) is 21.7 Å². The first-order valence-electron chi connectivity index (χ1n) is 11.3. The van der Waals surface area contributed by atoms with Gasteiger partial charge >= 0.3 is 6.18 Å². The van der Waals surface area contributed by atoms with Crippen molar-refractivity contribution >= 4 is 45.0 Å². The molecule has 0 spiro atoms. The van der Waals surface area contributed by atoms with Gasteiger partial charge in [-0.3, -0.25) is 9.59 Å².